The number of nitrogens with two attached hydrogens (primary N) is 1. The Morgan fingerprint density at radius 3 is 2.93 bits per heavy atom. The van der Waals surface area contributed by atoms with Crippen LogP contribution < -0.4 is 5.73 Å². The average molecular weight is 190 g/mol. The highest BCUT2D eigenvalue weighted by Crippen LogP contribution is 2.14. The first-order valence-corrected chi connectivity index (χ1v) is 4.29. The Bertz CT molecular complexity index is 476. The molecule has 14 heavy (non-hydrogen) atoms. The lowest BCUT2D eigenvalue weighted by atomic mass is 10.3. The van der Waals surface area contributed by atoms with E-state index in [-0.39, 0.29) is 0 Å². The van der Waals surface area contributed by atoms with Crippen LogP contribution in [0.15, 0.2) is 24.3 Å². The van der Waals surface area contributed by atoms with Crippen LogP contribution in [-0.4, -0.2) is 20.9 Å². The molecule has 0 aliphatic heterocycles. The molecule has 0 aliphatic rings. The van der Waals surface area contributed by atoms with Gasteiger partial charge in [-0.1, -0.05) is 17.3 Å². The van der Waals surface area contributed by atoms with E-state index in [1.54, 1.807) is 6.92 Å². The second-order valence-corrected chi connectivity index (χ2v) is 3.10. The molecule has 72 valence electrons. The number of rotatable bonds is 2. The van der Waals surface area contributed by atoms with Crippen LogP contribution >= 0.6 is 0 Å². The molecule has 0 fully saturated rings. The summed E-state index contributed by atoms with van der Waals surface area (Å²) in [4.78, 5) is 11.0. The number of fused-ring (bicyclic) bond motifs is 1. The second kappa shape index (κ2) is 3.10. The molecule has 0 saturated carbocycles. The van der Waals surface area contributed by atoms with Crippen LogP contribution in [0.25, 0.3) is 11.0 Å². The standard InChI is InChI=1S/C9H10N4O/c1-6(9(10)14)13-8-5-3-2-4-7(8)11-12-13/h2-6H,1H3,(H2,10,14). The molecule has 1 amide bonds. The first-order chi connectivity index (χ1) is 6.70. The van der Waals surface area contributed by atoms with Gasteiger partial charge in [-0.25, -0.2) is 4.68 Å². The number of carbonyl (C=O) groups is 1. The number of carbonyl (C=O) groups excluding carboxylic acids is 1. The van der Waals surface area contributed by atoms with Crippen molar-refractivity contribution in [3.8, 4) is 0 Å². The normalized spacial score (nSPS) is 12.9. The molecular formula is C9H10N4O. The molecule has 0 spiro atoms. The molecule has 1 heterocycles. The maximum absolute atomic E-state index is 11.0. The monoisotopic (exact) mass is 190 g/mol. The fourth-order valence-electron chi connectivity index (χ4n) is 1.29. The molecule has 1 unspecified atom stereocenters. The number of hydrogen-bond acceptors (Lipinski definition) is 3. The molecule has 5 heteroatoms. The first kappa shape index (κ1) is 8.68. The average Bonchev–Trinajstić information content (AvgIpc) is 2.60. The van der Waals surface area contributed by atoms with E-state index in [0.717, 1.165) is 11.0 Å². The summed E-state index contributed by atoms with van der Waals surface area (Å²) in [6, 6.07) is 6.97. The number of para-hydroxylation sites is 1. The van der Waals surface area contributed by atoms with E-state index in [2.05, 4.69) is 10.3 Å². The van der Waals surface area contributed by atoms with Crippen LogP contribution in [0.4, 0.5) is 0 Å². The van der Waals surface area contributed by atoms with E-state index in [4.69, 9.17) is 5.73 Å². The third-order valence-corrected chi connectivity index (χ3v) is 2.16. The lowest BCUT2D eigenvalue weighted by Gasteiger charge is -2.06. The van der Waals surface area contributed by atoms with Gasteiger partial charge in [0, 0.05) is 0 Å². The zero-order chi connectivity index (χ0) is 10.1. The van der Waals surface area contributed by atoms with Crippen LogP contribution in [0.2, 0.25) is 0 Å². The maximum atomic E-state index is 11.0. The van der Waals surface area contributed by atoms with Crippen LogP contribution in [0.5, 0.6) is 0 Å². The minimum absolute atomic E-state index is 0.416. The minimum atomic E-state index is -0.470. The Hall–Kier alpha value is -1.91. The van der Waals surface area contributed by atoms with Gasteiger partial charge in [-0.15, -0.1) is 5.10 Å². The molecule has 2 rings (SSSR count). The van der Waals surface area contributed by atoms with Crippen molar-refractivity contribution in [2.24, 2.45) is 5.73 Å². The van der Waals surface area contributed by atoms with Gasteiger partial charge in [0.25, 0.3) is 0 Å². The van der Waals surface area contributed by atoms with Gasteiger partial charge in [0.1, 0.15) is 11.6 Å². The van der Waals surface area contributed by atoms with Crippen molar-refractivity contribution >= 4 is 16.9 Å². The topological polar surface area (TPSA) is 73.8 Å². The summed E-state index contributed by atoms with van der Waals surface area (Å²) in [5, 5.41) is 7.81. The van der Waals surface area contributed by atoms with Crippen molar-refractivity contribution in [1.82, 2.24) is 15.0 Å². The summed E-state index contributed by atoms with van der Waals surface area (Å²) in [5.41, 5.74) is 6.77. The number of aromatic nitrogens is 3. The van der Waals surface area contributed by atoms with Crippen LogP contribution in [-0.2, 0) is 4.79 Å². The molecule has 1 aromatic heterocycles. The van der Waals surface area contributed by atoms with Gasteiger partial charge in [0.2, 0.25) is 5.91 Å². The predicted molar refractivity (Wildman–Crippen MR) is 51.4 cm³/mol. The molecular weight excluding hydrogens is 180 g/mol. The highest BCUT2D eigenvalue weighted by atomic mass is 16.1. The molecule has 5 nitrogen and oxygen atoms in total. The number of nitrogens with zero attached hydrogens (tertiary/aromatic N) is 3. The first-order valence-electron chi connectivity index (χ1n) is 4.29. The van der Waals surface area contributed by atoms with Gasteiger partial charge in [-0.2, -0.15) is 0 Å². The number of benzene rings is 1. The Morgan fingerprint density at radius 2 is 2.21 bits per heavy atom. The van der Waals surface area contributed by atoms with E-state index in [1.165, 1.54) is 4.68 Å². The van der Waals surface area contributed by atoms with Gasteiger partial charge in [-0.3, -0.25) is 4.79 Å². The summed E-state index contributed by atoms with van der Waals surface area (Å²) in [7, 11) is 0. The third-order valence-electron chi connectivity index (χ3n) is 2.16. The minimum Gasteiger partial charge on any atom is -0.368 e. The third kappa shape index (κ3) is 1.22. The summed E-state index contributed by atoms with van der Waals surface area (Å²) in [6.45, 7) is 1.70. The number of amides is 1. The van der Waals surface area contributed by atoms with Crippen molar-refractivity contribution in [2.45, 2.75) is 13.0 Å². The number of hydrogen-bond donors (Lipinski definition) is 1. The van der Waals surface area contributed by atoms with Gasteiger partial charge in [0.05, 0.1) is 5.52 Å². The predicted octanol–water partition coefficient (Wildman–Crippen LogP) is 0.478. The Balaban J connectivity index is 2.58. The van der Waals surface area contributed by atoms with Gasteiger partial charge < -0.3 is 5.73 Å². The highest BCUT2D eigenvalue weighted by Gasteiger charge is 2.14. The van der Waals surface area contributed by atoms with E-state index < -0.39 is 11.9 Å². The smallest absolute Gasteiger partial charge is 0.242 e. The zero-order valence-corrected chi connectivity index (χ0v) is 7.71. The van der Waals surface area contributed by atoms with E-state index in [0.29, 0.717) is 0 Å². The number of primary amides is 1. The fourth-order valence-corrected chi connectivity index (χ4v) is 1.29. The molecule has 2 N–H and O–H groups in total. The quantitative estimate of drug-likeness (QED) is 0.748. The molecule has 0 radical (unpaired) electrons. The highest BCUT2D eigenvalue weighted by molar-refractivity contribution is 5.81. The maximum Gasteiger partial charge on any atom is 0.242 e. The van der Waals surface area contributed by atoms with Gasteiger partial charge in [0.15, 0.2) is 0 Å². The molecule has 1 aromatic carbocycles. The largest absolute Gasteiger partial charge is 0.368 e. The molecule has 0 aliphatic carbocycles. The summed E-state index contributed by atoms with van der Waals surface area (Å²) < 4.78 is 1.53. The van der Waals surface area contributed by atoms with Gasteiger partial charge in [-0.05, 0) is 19.1 Å². The van der Waals surface area contributed by atoms with Crippen molar-refractivity contribution in [2.75, 3.05) is 0 Å². The second-order valence-electron chi connectivity index (χ2n) is 3.10. The molecule has 1 atom stereocenters. The van der Waals surface area contributed by atoms with Crippen LogP contribution in [0, 0.1) is 0 Å². The fraction of sp³-hybridized carbons (Fsp3) is 0.222. The van der Waals surface area contributed by atoms with Crippen LogP contribution in [0.3, 0.4) is 0 Å². The van der Waals surface area contributed by atoms with Crippen molar-refractivity contribution < 1.29 is 4.79 Å². The Morgan fingerprint density at radius 1 is 1.50 bits per heavy atom. The summed E-state index contributed by atoms with van der Waals surface area (Å²) in [5.74, 6) is -0.416. The van der Waals surface area contributed by atoms with Crippen LogP contribution in [0.1, 0.15) is 13.0 Å². The Labute approximate surface area is 80.5 Å². The zero-order valence-electron chi connectivity index (χ0n) is 7.71. The van der Waals surface area contributed by atoms with Crippen molar-refractivity contribution in [1.29, 1.82) is 0 Å². The molecule has 0 saturated heterocycles. The Kier molecular flexibility index (Phi) is 1.92. The van der Waals surface area contributed by atoms with Crippen molar-refractivity contribution in [3.05, 3.63) is 24.3 Å². The summed E-state index contributed by atoms with van der Waals surface area (Å²) >= 11 is 0. The van der Waals surface area contributed by atoms with E-state index in [1.807, 2.05) is 24.3 Å². The lowest BCUT2D eigenvalue weighted by Crippen LogP contribution is -2.24. The summed E-state index contributed by atoms with van der Waals surface area (Å²) in [6.07, 6.45) is 0. The molecule has 0 bridgehead atoms. The van der Waals surface area contributed by atoms with Crippen molar-refractivity contribution in [3.63, 3.8) is 0 Å². The SMILES string of the molecule is CC(C(N)=O)n1nnc2ccccc21. The molecule has 2 aromatic rings. The van der Waals surface area contributed by atoms with E-state index >= 15 is 0 Å². The van der Waals surface area contributed by atoms with Gasteiger partial charge >= 0.3 is 0 Å². The van der Waals surface area contributed by atoms with E-state index in [9.17, 15) is 4.79 Å². The lowest BCUT2D eigenvalue weighted by molar-refractivity contribution is -0.120.